The number of rotatable bonds is 7. The molecule has 0 aliphatic carbocycles. The van der Waals surface area contributed by atoms with Crippen molar-refractivity contribution in [3.63, 3.8) is 0 Å². The van der Waals surface area contributed by atoms with Crippen LogP contribution in [0, 0.1) is 5.92 Å². The number of hydrogen-bond acceptors (Lipinski definition) is 5. The molecule has 2 atom stereocenters. The molecule has 0 spiro atoms. The van der Waals surface area contributed by atoms with Crippen molar-refractivity contribution in [3.8, 4) is 5.75 Å². The number of carbonyl (C=O) groups excluding carboxylic acids is 2. The topological polar surface area (TPSA) is 96.0 Å². The summed E-state index contributed by atoms with van der Waals surface area (Å²) in [6, 6.07) is 21.2. The van der Waals surface area contributed by atoms with Crippen LogP contribution < -0.4 is 15.0 Å². The second-order valence-corrected chi connectivity index (χ2v) is 12.6. The van der Waals surface area contributed by atoms with Gasteiger partial charge in [-0.1, -0.05) is 65.7 Å². The highest BCUT2D eigenvalue weighted by atomic mass is 35.5. The molecule has 0 bridgehead atoms. The fourth-order valence-electron chi connectivity index (χ4n) is 5.06. The van der Waals surface area contributed by atoms with E-state index in [0.717, 1.165) is 5.56 Å². The number of halogens is 2. The third kappa shape index (κ3) is 6.12. The summed E-state index contributed by atoms with van der Waals surface area (Å²) in [5.41, 5.74) is 1.66. The van der Waals surface area contributed by atoms with Crippen LogP contribution in [0.3, 0.4) is 0 Å². The number of fused-ring (bicyclic) bond motifs is 1. The van der Waals surface area contributed by atoms with Crippen LogP contribution in [0.5, 0.6) is 5.75 Å². The van der Waals surface area contributed by atoms with Crippen LogP contribution in [0.2, 0.25) is 10.0 Å². The highest BCUT2D eigenvalue weighted by Crippen LogP contribution is 2.36. The molecule has 1 N–H and O–H groups in total. The number of sulfonamides is 1. The highest BCUT2D eigenvalue weighted by molar-refractivity contribution is 7.89. The lowest BCUT2D eigenvalue weighted by molar-refractivity contribution is -0.129. The largest absolute Gasteiger partial charge is 0.477 e. The summed E-state index contributed by atoms with van der Waals surface area (Å²) in [6.07, 6.45) is 0.787. The predicted octanol–water partition coefficient (Wildman–Crippen LogP) is 4.55. The molecule has 1 fully saturated rings. The van der Waals surface area contributed by atoms with E-state index < -0.39 is 22.0 Å². The zero-order valence-corrected chi connectivity index (χ0v) is 24.0. The first kappa shape index (κ1) is 28.4. The van der Waals surface area contributed by atoms with Gasteiger partial charge in [0, 0.05) is 24.7 Å². The molecular formula is C29H29Cl2N3O5S. The lowest BCUT2D eigenvalue weighted by Gasteiger charge is -2.38. The fourth-order valence-corrected chi connectivity index (χ4v) is 7.33. The van der Waals surface area contributed by atoms with Gasteiger partial charge in [0.25, 0.3) is 5.91 Å². The van der Waals surface area contributed by atoms with E-state index in [0.29, 0.717) is 37.2 Å². The van der Waals surface area contributed by atoms with Crippen LogP contribution in [0.25, 0.3) is 0 Å². The Balaban J connectivity index is 1.31. The van der Waals surface area contributed by atoms with Gasteiger partial charge in [0.1, 0.15) is 10.6 Å². The summed E-state index contributed by atoms with van der Waals surface area (Å²) in [4.78, 5) is 28.4. The number of nitrogens with one attached hydrogen (secondary N) is 1. The van der Waals surface area contributed by atoms with Gasteiger partial charge in [-0.15, -0.1) is 0 Å². The second-order valence-electron chi connectivity index (χ2n) is 9.83. The molecule has 3 aromatic rings. The van der Waals surface area contributed by atoms with Crippen molar-refractivity contribution in [1.29, 1.82) is 0 Å². The van der Waals surface area contributed by atoms with Crippen molar-refractivity contribution in [2.75, 3.05) is 31.1 Å². The molecule has 2 aliphatic rings. The van der Waals surface area contributed by atoms with Crippen molar-refractivity contribution >= 4 is 50.7 Å². The Bertz CT molecular complexity index is 1500. The molecular weight excluding hydrogens is 573 g/mol. The van der Waals surface area contributed by atoms with Crippen molar-refractivity contribution in [3.05, 3.63) is 88.4 Å². The van der Waals surface area contributed by atoms with E-state index in [1.807, 2.05) is 30.3 Å². The van der Waals surface area contributed by atoms with Gasteiger partial charge >= 0.3 is 0 Å². The van der Waals surface area contributed by atoms with Gasteiger partial charge in [0.05, 0.1) is 23.2 Å². The van der Waals surface area contributed by atoms with Gasteiger partial charge < -0.3 is 15.0 Å². The quantitative estimate of drug-likeness (QED) is 0.429. The molecule has 2 heterocycles. The summed E-state index contributed by atoms with van der Waals surface area (Å²) in [7, 11) is -3.97. The van der Waals surface area contributed by atoms with Crippen molar-refractivity contribution in [2.45, 2.75) is 30.3 Å². The van der Waals surface area contributed by atoms with E-state index in [1.54, 1.807) is 29.2 Å². The average molecular weight is 603 g/mol. The van der Waals surface area contributed by atoms with Gasteiger partial charge in [-0.2, -0.15) is 4.31 Å². The molecule has 2 aliphatic heterocycles. The Labute approximate surface area is 243 Å². The fraction of sp³-hybridized carbons (Fsp3) is 0.310. The van der Waals surface area contributed by atoms with E-state index in [-0.39, 0.29) is 46.4 Å². The molecule has 0 unspecified atom stereocenters. The lowest BCUT2D eigenvalue weighted by atomic mass is 9.97. The van der Waals surface area contributed by atoms with Gasteiger partial charge in [0.15, 0.2) is 6.10 Å². The van der Waals surface area contributed by atoms with Crippen LogP contribution >= 0.6 is 23.2 Å². The van der Waals surface area contributed by atoms with Crippen molar-refractivity contribution in [1.82, 2.24) is 9.62 Å². The van der Waals surface area contributed by atoms with E-state index in [1.165, 1.54) is 22.5 Å². The normalized spacial score (nSPS) is 19.4. The molecule has 0 saturated carbocycles. The maximum atomic E-state index is 13.9. The molecule has 11 heteroatoms. The first-order chi connectivity index (χ1) is 19.2. The molecule has 5 rings (SSSR count). The Morgan fingerprint density at radius 3 is 2.52 bits per heavy atom. The number of nitrogens with zero attached hydrogens (tertiary/aromatic N) is 2. The van der Waals surface area contributed by atoms with Gasteiger partial charge in [-0.3, -0.25) is 9.59 Å². The highest BCUT2D eigenvalue weighted by Gasteiger charge is 2.40. The average Bonchev–Trinajstić information content (AvgIpc) is 2.98. The number of amides is 2. The van der Waals surface area contributed by atoms with E-state index in [9.17, 15) is 18.0 Å². The van der Waals surface area contributed by atoms with Gasteiger partial charge in [-0.05, 0) is 55.2 Å². The van der Waals surface area contributed by atoms with Crippen LogP contribution in [-0.4, -0.2) is 56.8 Å². The summed E-state index contributed by atoms with van der Waals surface area (Å²) < 4.78 is 34.1. The van der Waals surface area contributed by atoms with Crippen molar-refractivity contribution < 1.29 is 22.7 Å². The Kier molecular flexibility index (Phi) is 8.65. The van der Waals surface area contributed by atoms with Crippen LogP contribution in [0.1, 0.15) is 18.4 Å². The van der Waals surface area contributed by atoms with Crippen LogP contribution in [-0.2, 0) is 26.0 Å². The molecule has 8 nitrogen and oxygen atoms in total. The van der Waals surface area contributed by atoms with E-state index in [2.05, 4.69) is 5.32 Å². The standard InChI is InChI=1S/C29H29Cl2N3O5S/c30-22-12-13-23(31)27(17-22)40(37,38)33-16-6-9-21(18-33)29(36)34-19-26(39-25-11-5-4-10-24(25)34)28(35)32-15-14-20-7-2-1-3-8-20/h1-5,7-8,10-13,17,21,26H,6,9,14-16,18-19H2,(H,32,35)/t21-,26-/m1/s1. The number of benzene rings is 3. The van der Waals surface area contributed by atoms with E-state index in [4.69, 9.17) is 27.9 Å². The number of carbonyl (C=O) groups is 2. The maximum Gasteiger partial charge on any atom is 0.262 e. The summed E-state index contributed by atoms with van der Waals surface area (Å²) in [5, 5.41) is 3.24. The van der Waals surface area contributed by atoms with Gasteiger partial charge in [0.2, 0.25) is 15.9 Å². The van der Waals surface area contributed by atoms with Crippen molar-refractivity contribution in [2.24, 2.45) is 5.92 Å². The zero-order chi connectivity index (χ0) is 28.3. The zero-order valence-electron chi connectivity index (χ0n) is 21.6. The third-order valence-corrected chi connectivity index (χ3v) is 9.71. The lowest BCUT2D eigenvalue weighted by Crippen LogP contribution is -2.54. The molecule has 2 amide bonds. The molecule has 40 heavy (non-hydrogen) atoms. The molecule has 210 valence electrons. The summed E-state index contributed by atoms with van der Waals surface area (Å²) >= 11 is 12.2. The molecule has 1 saturated heterocycles. The summed E-state index contributed by atoms with van der Waals surface area (Å²) in [5.74, 6) is -0.743. The monoisotopic (exact) mass is 601 g/mol. The predicted molar refractivity (Wildman–Crippen MR) is 154 cm³/mol. The van der Waals surface area contributed by atoms with Crippen LogP contribution in [0.4, 0.5) is 5.69 Å². The molecule has 3 aromatic carbocycles. The minimum absolute atomic E-state index is 0.00251. The number of ether oxygens (including phenoxy) is 1. The molecule has 0 aromatic heterocycles. The Morgan fingerprint density at radius 2 is 1.73 bits per heavy atom. The summed E-state index contributed by atoms with van der Waals surface area (Å²) in [6.45, 7) is 0.717. The van der Waals surface area contributed by atoms with E-state index >= 15 is 0 Å². The second kappa shape index (κ2) is 12.2. The first-order valence-corrected chi connectivity index (χ1v) is 15.3. The number of piperidine rings is 1. The number of anilines is 1. The minimum atomic E-state index is -3.97. The first-order valence-electron chi connectivity index (χ1n) is 13.1. The number of para-hydroxylation sites is 2. The van der Waals surface area contributed by atoms with Crippen LogP contribution in [0.15, 0.2) is 77.7 Å². The Hall–Kier alpha value is -3.11. The molecule has 0 radical (unpaired) electrons. The number of hydrogen-bond donors (Lipinski definition) is 1. The third-order valence-electron chi connectivity index (χ3n) is 7.13. The van der Waals surface area contributed by atoms with Gasteiger partial charge in [-0.25, -0.2) is 8.42 Å². The minimum Gasteiger partial charge on any atom is -0.477 e. The maximum absolute atomic E-state index is 13.9. The smallest absolute Gasteiger partial charge is 0.262 e. The SMILES string of the molecule is O=C(NCCc1ccccc1)[C@H]1CN(C(=O)[C@@H]2CCCN(S(=O)(=O)c3cc(Cl)ccc3Cl)C2)c2ccccc2O1. The Morgan fingerprint density at radius 1 is 0.975 bits per heavy atom.